The summed E-state index contributed by atoms with van der Waals surface area (Å²) >= 11 is 0. The first kappa shape index (κ1) is 13.5. The van der Waals surface area contributed by atoms with Crippen molar-refractivity contribution in [2.24, 2.45) is 0 Å². The average molecular weight is 240 g/mol. The van der Waals surface area contributed by atoms with Crippen LogP contribution in [0.2, 0.25) is 0 Å². The molecule has 0 fully saturated rings. The van der Waals surface area contributed by atoms with Gasteiger partial charge in [0.05, 0.1) is 17.1 Å². The Labute approximate surface area is 101 Å². The summed E-state index contributed by atoms with van der Waals surface area (Å²) in [5.41, 5.74) is 7.97. The number of hydrogen-bond donors (Lipinski definition) is 3. The fourth-order valence-electron chi connectivity index (χ4n) is 1.52. The molecule has 0 saturated heterocycles. The summed E-state index contributed by atoms with van der Waals surface area (Å²) in [5, 5.41) is 15.6. The highest BCUT2D eigenvalue weighted by Crippen LogP contribution is 2.14. The monoisotopic (exact) mass is 240 g/mol. The molecule has 0 aliphatic carbocycles. The van der Waals surface area contributed by atoms with E-state index in [4.69, 9.17) is 10.8 Å². The molecule has 0 bridgehead atoms. The maximum atomic E-state index is 11.6. The van der Waals surface area contributed by atoms with Crippen molar-refractivity contribution < 1.29 is 9.90 Å². The Morgan fingerprint density at radius 1 is 1.47 bits per heavy atom. The van der Waals surface area contributed by atoms with E-state index < -0.39 is 0 Å². The van der Waals surface area contributed by atoms with E-state index in [1.165, 1.54) is 0 Å². The fraction of sp³-hybridized carbons (Fsp3) is 0.636. The zero-order chi connectivity index (χ0) is 12.8. The average Bonchev–Trinajstić information content (AvgIpc) is 2.53. The molecule has 6 heteroatoms. The number of anilines is 1. The van der Waals surface area contributed by atoms with Crippen molar-refractivity contribution in [3.8, 4) is 0 Å². The van der Waals surface area contributed by atoms with Crippen LogP contribution in [0.4, 0.5) is 5.69 Å². The topological polar surface area (TPSA) is 93.2 Å². The number of rotatable bonds is 6. The Bertz CT molecular complexity index is 387. The molecule has 1 aromatic rings. The standard InChI is InChI=1S/C11H20N4O2/c1-8-11(12)9(2)15(14-8)7-10(17)13-5-3-4-6-16/h16H,3-7,12H2,1-2H3,(H,13,17). The minimum Gasteiger partial charge on any atom is -0.396 e. The molecule has 1 rings (SSSR count). The van der Waals surface area contributed by atoms with E-state index in [9.17, 15) is 4.79 Å². The number of aryl methyl sites for hydroxylation is 1. The summed E-state index contributed by atoms with van der Waals surface area (Å²) in [5.74, 6) is -0.0893. The summed E-state index contributed by atoms with van der Waals surface area (Å²) in [4.78, 5) is 11.6. The van der Waals surface area contributed by atoms with Crippen LogP contribution in [0.15, 0.2) is 0 Å². The SMILES string of the molecule is Cc1nn(CC(=O)NCCCCO)c(C)c1N. The minimum absolute atomic E-state index is 0.0893. The van der Waals surface area contributed by atoms with Crippen LogP contribution in [0.3, 0.4) is 0 Å². The third-order valence-electron chi connectivity index (χ3n) is 2.64. The van der Waals surface area contributed by atoms with Gasteiger partial charge in [-0.1, -0.05) is 0 Å². The second kappa shape index (κ2) is 6.24. The number of nitrogens with one attached hydrogen (secondary N) is 1. The Hall–Kier alpha value is -1.56. The third kappa shape index (κ3) is 3.74. The lowest BCUT2D eigenvalue weighted by molar-refractivity contribution is -0.121. The van der Waals surface area contributed by atoms with Crippen molar-refractivity contribution in [1.29, 1.82) is 0 Å². The van der Waals surface area contributed by atoms with Crippen LogP contribution in [0.1, 0.15) is 24.2 Å². The van der Waals surface area contributed by atoms with Crippen molar-refractivity contribution in [2.75, 3.05) is 18.9 Å². The Morgan fingerprint density at radius 2 is 2.18 bits per heavy atom. The van der Waals surface area contributed by atoms with Crippen molar-refractivity contribution in [3.05, 3.63) is 11.4 Å². The molecule has 6 nitrogen and oxygen atoms in total. The van der Waals surface area contributed by atoms with Crippen LogP contribution >= 0.6 is 0 Å². The Kier molecular flexibility index (Phi) is 4.96. The fourth-order valence-corrected chi connectivity index (χ4v) is 1.52. The first-order valence-electron chi connectivity index (χ1n) is 5.73. The van der Waals surface area contributed by atoms with E-state index in [0.717, 1.165) is 17.8 Å². The van der Waals surface area contributed by atoms with Gasteiger partial charge in [-0.05, 0) is 26.7 Å². The number of hydrogen-bond acceptors (Lipinski definition) is 4. The Balaban J connectivity index is 2.42. The zero-order valence-electron chi connectivity index (χ0n) is 10.4. The number of carbonyl (C=O) groups excluding carboxylic acids is 1. The van der Waals surface area contributed by atoms with E-state index in [2.05, 4.69) is 10.4 Å². The maximum Gasteiger partial charge on any atom is 0.241 e. The summed E-state index contributed by atoms with van der Waals surface area (Å²) in [6.07, 6.45) is 1.48. The summed E-state index contributed by atoms with van der Waals surface area (Å²) in [6.45, 7) is 4.58. The first-order chi connectivity index (χ1) is 8.06. The second-order valence-corrected chi connectivity index (χ2v) is 4.02. The quantitative estimate of drug-likeness (QED) is 0.609. The Morgan fingerprint density at radius 3 is 2.71 bits per heavy atom. The van der Waals surface area contributed by atoms with Gasteiger partial charge in [0.2, 0.25) is 5.91 Å². The molecule has 96 valence electrons. The molecule has 0 aliphatic heterocycles. The number of carbonyl (C=O) groups is 1. The molecule has 0 unspecified atom stereocenters. The molecule has 0 aliphatic rings. The molecular formula is C11H20N4O2. The number of nitrogens with zero attached hydrogens (tertiary/aromatic N) is 2. The van der Waals surface area contributed by atoms with Gasteiger partial charge in [0.1, 0.15) is 6.54 Å². The highest BCUT2D eigenvalue weighted by molar-refractivity contribution is 5.75. The van der Waals surface area contributed by atoms with Crippen LogP contribution in [-0.4, -0.2) is 33.9 Å². The van der Waals surface area contributed by atoms with E-state index in [0.29, 0.717) is 18.7 Å². The van der Waals surface area contributed by atoms with Gasteiger partial charge in [-0.3, -0.25) is 9.48 Å². The van der Waals surface area contributed by atoms with Gasteiger partial charge in [-0.15, -0.1) is 0 Å². The van der Waals surface area contributed by atoms with Crippen LogP contribution in [-0.2, 0) is 11.3 Å². The predicted octanol–water partition coefficient (Wildman–Crippen LogP) is -0.0292. The van der Waals surface area contributed by atoms with Crippen LogP contribution in [0, 0.1) is 13.8 Å². The lowest BCUT2D eigenvalue weighted by Crippen LogP contribution is -2.29. The number of unbranched alkanes of at least 4 members (excludes halogenated alkanes) is 1. The van der Waals surface area contributed by atoms with E-state index in [1.54, 1.807) is 4.68 Å². The zero-order valence-corrected chi connectivity index (χ0v) is 10.4. The number of aliphatic hydroxyl groups is 1. The molecule has 4 N–H and O–H groups in total. The molecule has 1 heterocycles. The maximum absolute atomic E-state index is 11.6. The van der Waals surface area contributed by atoms with Gasteiger partial charge < -0.3 is 16.2 Å². The largest absolute Gasteiger partial charge is 0.396 e. The molecule has 1 aromatic heterocycles. The van der Waals surface area contributed by atoms with Crippen LogP contribution < -0.4 is 11.1 Å². The van der Waals surface area contributed by atoms with Gasteiger partial charge >= 0.3 is 0 Å². The van der Waals surface area contributed by atoms with Gasteiger partial charge in [-0.25, -0.2) is 0 Å². The summed E-state index contributed by atoms with van der Waals surface area (Å²) in [7, 11) is 0. The molecule has 1 amide bonds. The summed E-state index contributed by atoms with van der Waals surface area (Å²) < 4.78 is 1.60. The lowest BCUT2D eigenvalue weighted by atomic mass is 10.3. The van der Waals surface area contributed by atoms with E-state index in [1.807, 2.05) is 13.8 Å². The van der Waals surface area contributed by atoms with E-state index in [-0.39, 0.29) is 19.1 Å². The number of nitrogen functional groups attached to an aromatic ring is 1. The van der Waals surface area contributed by atoms with E-state index >= 15 is 0 Å². The predicted molar refractivity (Wildman–Crippen MR) is 65.4 cm³/mol. The number of aromatic nitrogens is 2. The molecule has 0 aromatic carbocycles. The summed E-state index contributed by atoms with van der Waals surface area (Å²) in [6, 6.07) is 0. The highest BCUT2D eigenvalue weighted by atomic mass is 16.2. The number of amides is 1. The van der Waals surface area contributed by atoms with Crippen molar-refractivity contribution in [1.82, 2.24) is 15.1 Å². The highest BCUT2D eigenvalue weighted by Gasteiger charge is 2.10. The van der Waals surface area contributed by atoms with Crippen molar-refractivity contribution >= 4 is 11.6 Å². The van der Waals surface area contributed by atoms with Gasteiger partial charge in [0.25, 0.3) is 0 Å². The first-order valence-corrected chi connectivity index (χ1v) is 5.73. The van der Waals surface area contributed by atoms with Gasteiger partial charge in [-0.2, -0.15) is 5.10 Å². The van der Waals surface area contributed by atoms with Crippen LogP contribution in [0.25, 0.3) is 0 Å². The molecule has 0 atom stereocenters. The van der Waals surface area contributed by atoms with Gasteiger partial charge in [0.15, 0.2) is 0 Å². The van der Waals surface area contributed by atoms with Crippen molar-refractivity contribution in [2.45, 2.75) is 33.2 Å². The smallest absolute Gasteiger partial charge is 0.241 e. The number of nitrogens with two attached hydrogens (primary N) is 1. The third-order valence-corrected chi connectivity index (χ3v) is 2.64. The number of aliphatic hydroxyl groups excluding tert-OH is 1. The molecule has 0 radical (unpaired) electrons. The second-order valence-electron chi connectivity index (χ2n) is 4.02. The normalized spacial score (nSPS) is 10.5. The molecule has 17 heavy (non-hydrogen) atoms. The van der Waals surface area contributed by atoms with Crippen molar-refractivity contribution in [3.63, 3.8) is 0 Å². The van der Waals surface area contributed by atoms with Gasteiger partial charge in [0, 0.05) is 13.2 Å². The van der Waals surface area contributed by atoms with Crippen LogP contribution in [0.5, 0.6) is 0 Å². The molecular weight excluding hydrogens is 220 g/mol. The minimum atomic E-state index is -0.0893. The lowest BCUT2D eigenvalue weighted by Gasteiger charge is -2.06. The molecule has 0 saturated carbocycles. The molecule has 0 spiro atoms.